The molecule has 2 N–H and O–H groups in total. The van der Waals surface area contributed by atoms with Crippen molar-refractivity contribution in [3.05, 3.63) is 0 Å². The minimum atomic E-state index is -0.0957. The monoisotopic (exact) mass is 1470 g/mol. The van der Waals surface area contributed by atoms with Gasteiger partial charge in [0.1, 0.15) is 12.2 Å². The van der Waals surface area contributed by atoms with Crippen LogP contribution in [0, 0.1) is 189 Å². The first-order valence-corrected chi connectivity index (χ1v) is 48.1. The van der Waals surface area contributed by atoms with Crippen LogP contribution in [0.15, 0.2) is 0 Å². The van der Waals surface area contributed by atoms with Crippen LogP contribution in [0.1, 0.15) is 397 Å². The maximum Gasteiger partial charge on any atom is 0.306 e. The Kier molecular flexibility index (Phi) is 31.0. The van der Waals surface area contributed by atoms with Crippen molar-refractivity contribution in [2.24, 2.45) is 189 Å². The number of rotatable bonds is 27. The summed E-state index contributed by atoms with van der Waals surface area (Å²) in [6.07, 6.45) is 42.9. The largest absolute Gasteiger partial charge is 0.462 e. The molecule has 0 aromatic heterocycles. The predicted molar refractivity (Wildman–Crippen MR) is 451 cm³/mol. The highest BCUT2D eigenvalue weighted by molar-refractivity contribution is 5.70. The fourth-order valence-corrected chi connectivity index (χ4v) is 30.0. The van der Waals surface area contributed by atoms with E-state index in [1.165, 1.54) is 154 Å². The minimum Gasteiger partial charge on any atom is -0.462 e. The van der Waals surface area contributed by atoms with Crippen LogP contribution in [0.5, 0.6) is 0 Å². The third-order valence-corrected chi connectivity index (χ3v) is 35.3. The summed E-state index contributed by atoms with van der Waals surface area (Å²) in [5, 5.41) is 10.7. The second kappa shape index (κ2) is 37.6. The van der Waals surface area contributed by atoms with E-state index in [-0.39, 0.29) is 46.3 Å². The van der Waals surface area contributed by atoms with Crippen molar-refractivity contribution >= 4 is 11.9 Å². The Hall–Kier alpha value is -1.14. The van der Waals surface area contributed by atoms with Gasteiger partial charge in [-0.2, -0.15) is 0 Å². The summed E-state index contributed by atoms with van der Waals surface area (Å²) in [4.78, 5) is 30.6. The normalized spacial score (nSPS) is 44.7. The maximum absolute atomic E-state index is 15.3. The van der Waals surface area contributed by atoms with Crippen LogP contribution in [0.25, 0.3) is 0 Å². The summed E-state index contributed by atoms with van der Waals surface area (Å²) in [6, 6.07) is 0. The van der Waals surface area contributed by atoms with Gasteiger partial charge in [-0.15, -0.1) is 0 Å². The molecule has 106 heavy (non-hydrogen) atoms. The topological polar surface area (TPSA) is 76.7 Å². The fraction of sp³-hybridized carbons (Fsp3) is 0.980. The Morgan fingerprint density at radius 1 is 0.255 bits per heavy atom. The molecule has 0 bridgehead atoms. The van der Waals surface area contributed by atoms with Gasteiger partial charge in [0.05, 0.1) is 0 Å². The summed E-state index contributed by atoms with van der Waals surface area (Å²) in [7, 11) is 0. The van der Waals surface area contributed by atoms with E-state index in [1.807, 2.05) is 0 Å². The van der Waals surface area contributed by atoms with E-state index in [4.69, 9.17) is 20.1 Å². The lowest BCUT2D eigenvalue weighted by Crippen LogP contribution is -2.78. The Labute approximate surface area is 658 Å². The van der Waals surface area contributed by atoms with Crippen LogP contribution >= 0.6 is 0 Å². The molecule has 8 aliphatic carbocycles. The van der Waals surface area contributed by atoms with Gasteiger partial charge in [-0.1, -0.05) is 243 Å². The molecule has 6 nitrogen and oxygen atoms in total. The van der Waals surface area contributed by atoms with Gasteiger partial charge in [0.15, 0.2) is 0 Å². The van der Waals surface area contributed by atoms with Crippen LogP contribution < -0.4 is 10.6 Å². The minimum absolute atomic E-state index is 0.0712. The first-order chi connectivity index (χ1) is 50.1. The number of carbonyl (C=O) groups excluding carboxylic acids is 2. The van der Waals surface area contributed by atoms with E-state index in [1.54, 1.807) is 0 Å². The van der Waals surface area contributed by atoms with Crippen molar-refractivity contribution in [1.82, 2.24) is 10.6 Å². The zero-order valence-corrected chi connectivity index (χ0v) is 74.7. The van der Waals surface area contributed by atoms with Crippen LogP contribution in [0.4, 0.5) is 0 Å². The van der Waals surface area contributed by atoms with Gasteiger partial charge in [0, 0.05) is 60.7 Å². The molecule has 24 atom stereocenters. The van der Waals surface area contributed by atoms with Crippen molar-refractivity contribution in [3.8, 4) is 0 Å². The standard InChI is InChI=1S/C100H180N2O4/c1-61(2)79-41-33-69(17)49-87(79)97(88-50-70(18)34-42-80(88)62(3)4)57-77(58-98(101-97,89-51-71(19)35-43-81(89)63(5)6)90-52-72(20)36-44-82(90)64(7)8)105-95(103)31-29-27-25-26-28-30-32-96(104)106-78-59-99(91-53-73(21)37-45-83(91)65(9)10,92-54-74(22)38-46-84(92)66(11)12)102-100(60-78,93-55-75(23)39-47-85(93)67(13)14)94-56-76(24)40-48-86(94)68(15)16/h61-94,101-102H,25-60H2,1-24H3. The number of hydrogen-bond donors (Lipinski definition) is 2. The average molecular weight is 1470 g/mol. The molecule has 10 fully saturated rings. The molecule has 10 rings (SSSR count). The number of carbonyl (C=O) groups is 2. The van der Waals surface area contributed by atoms with Crippen LogP contribution in [0.3, 0.4) is 0 Å². The number of ether oxygens (including phenoxy) is 2. The smallest absolute Gasteiger partial charge is 0.306 e. The van der Waals surface area contributed by atoms with Gasteiger partial charge >= 0.3 is 11.9 Å². The SMILES string of the molecule is CC1CCC(C(C)C)C(C2(C3CC(C)CCC3C(C)C)CC(OC(=O)CCCCCCCCC(=O)OC3CC(C4CC(C)CCC4C(C)C)(C4CC(C)CCC4C(C)C)NC(C4CC(C)CCC4C(C)C)(C4CC(C)CCC4C(C)C)C3)CC(C3CC(C)CCC3C(C)C)(C3CC(C)CCC3C(C)C)N2)C1. The number of esters is 2. The molecule has 8 saturated carbocycles. The van der Waals surface area contributed by atoms with Crippen LogP contribution in [-0.4, -0.2) is 46.3 Å². The molecule has 2 aliphatic heterocycles. The van der Waals surface area contributed by atoms with E-state index >= 15 is 9.59 Å². The molecule has 10 aliphatic rings. The molecule has 2 saturated heterocycles. The highest BCUT2D eigenvalue weighted by Crippen LogP contribution is 2.66. The summed E-state index contributed by atoms with van der Waals surface area (Å²) in [5.41, 5.74) is -0.383. The first-order valence-electron chi connectivity index (χ1n) is 48.1. The maximum atomic E-state index is 15.3. The summed E-state index contributed by atoms with van der Waals surface area (Å²) < 4.78 is 15.0. The lowest BCUT2D eigenvalue weighted by atomic mass is 9.46. The van der Waals surface area contributed by atoms with Gasteiger partial charge in [-0.3, -0.25) is 9.59 Å². The Morgan fingerprint density at radius 2 is 0.406 bits per heavy atom. The number of unbranched alkanes of at least 4 members (excludes halogenated alkanes) is 5. The molecule has 0 amide bonds. The molecule has 0 spiro atoms. The predicted octanol–water partition coefficient (Wildman–Crippen LogP) is 27.3. The van der Waals surface area contributed by atoms with E-state index in [0.29, 0.717) is 202 Å². The second-order valence-corrected chi connectivity index (χ2v) is 45.5. The molecule has 24 unspecified atom stereocenters. The molecule has 2 heterocycles. The summed E-state index contributed by atoms with van der Waals surface area (Å²) in [6.45, 7) is 62.2. The van der Waals surface area contributed by atoms with E-state index in [9.17, 15) is 0 Å². The molecule has 0 aromatic carbocycles. The van der Waals surface area contributed by atoms with E-state index in [0.717, 1.165) is 64.2 Å². The number of piperidine rings is 2. The molecular formula is C100H180N2O4. The van der Waals surface area contributed by atoms with Crippen molar-refractivity contribution in [2.75, 3.05) is 0 Å². The highest BCUT2D eigenvalue weighted by atomic mass is 16.5. The van der Waals surface area contributed by atoms with Crippen molar-refractivity contribution < 1.29 is 19.1 Å². The van der Waals surface area contributed by atoms with Gasteiger partial charge in [0.2, 0.25) is 0 Å². The fourth-order valence-electron chi connectivity index (χ4n) is 30.0. The Balaban J connectivity index is 0.899. The van der Waals surface area contributed by atoms with Crippen molar-refractivity contribution in [1.29, 1.82) is 0 Å². The zero-order valence-electron chi connectivity index (χ0n) is 74.7. The lowest BCUT2D eigenvalue weighted by molar-refractivity contribution is -0.179. The van der Waals surface area contributed by atoms with E-state index in [2.05, 4.69) is 166 Å². The van der Waals surface area contributed by atoms with Gasteiger partial charge in [-0.05, 0) is 305 Å². The van der Waals surface area contributed by atoms with Crippen LogP contribution in [0.2, 0.25) is 0 Å². The lowest BCUT2D eigenvalue weighted by Gasteiger charge is -2.68. The third-order valence-electron chi connectivity index (χ3n) is 35.3. The Morgan fingerprint density at radius 3 is 0.557 bits per heavy atom. The first kappa shape index (κ1) is 87.2. The summed E-state index contributed by atoms with van der Waals surface area (Å²) in [5.74, 6) is 20.7. The molecule has 0 aromatic rings. The van der Waals surface area contributed by atoms with Gasteiger partial charge < -0.3 is 20.1 Å². The average Bonchev–Trinajstić information content (AvgIpc) is 0.706. The zero-order chi connectivity index (χ0) is 77.1. The quantitative estimate of drug-likeness (QED) is 0.0630. The molecule has 0 radical (unpaired) electrons. The second-order valence-electron chi connectivity index (χ2n) is 45.5. The number of hydrogen-bond acceptors (Lipinski definition) is 6. The van der Waals surface area contributed by atoms with Crippen molar-refractivity contribution in [3.63, 3.8) is 0 Å². The van der Waals surface area contributed by atoms with E-state index < -0.39 is 0 Å². The highest BCUT2D eigenvalue weighted by Gasteiger charge is 2.68. The number of nitrogens with one attached hydrogen (secondary N) is 2. The van der Waals surface area contributed by atoms with Gasteiger partial charge in [-0.25, -0.2) is 0 Å². The molecule has 614 valence electrons. The Bertz CT molecular complexity index is 2210. The van der Waals surface area contributed by atoms with Crippen LogP contribution in [-0.2, 0) is 19.1 Å². The summed E-state index contributed by atoms with van der Waals surface area (Å²) >= 11 is 0. The molecular weight excluding hydrogens is 1290 g/mol. The third kappa shape index (κ3) is 19.5. The molecule has 6 heteroatoms. The van der Waals surface area contributed by atoms with Crippen molar-refractivity contribution in [2.45, 2.75) is 432 Å². The van der Waals surface area contributed by atoms with Gasteiger partial charge in [0.25, 0.3) is 0 Å².